The molecule has 0 N–H and O–H groups in total. The summed E-state index contributed by atoms with van der Waals surface area (Å²) in [5.41, 5.74) is 1.20. The third-order valence-electron chi connectivity index (χ3n) is 5.16. The monoisotopic (exact) mass is 435 g/mol. The molecular weight excluding hydrogens is 419 g/mol. The smallest absolute Gasteiger partial charge is 0.330 e. The summed E-state index contributed by atoms with van der Waals surface area (Å²) in [6.07, 6.45) is -2.53. The first kappa shape index (κ1) is 20.3. The second-order valence-electron chi connectivity index (χ2n) is 7.11. The number of halogens is 4. The minimum atomic E-state index is -4.64. The summed E-state index contributed by atoms with van der Waals surface area (Å²) in [6.45, 7) is 4.00. The van der Waals surface area contributed by atoms with Gasteiger partial charge in [-0.15, -0.1) is 5.10 Å². The van der Waals surface area contributed by atoms with Crippen LogP contribution in [0.15, 0.2) is 36.5 Å². The van der Waals surface area contributed by atoms with Crippen molar-refractivity contribution in [1.82, 2.24) is 24.9 Å². The normalized spacial score (nSPS) is 16.5. The molecule has 1 aliphatic rings. The molecule has 0 spiro atoms. The van der Waals surface area contributed by atoms with E-state index < -0.39 is 28.7 Å². The zero-order valence-electron chi connectivity index (χ0n) is 16.1. The van der Waals surface area contributed by atoms with Crippen LogP contribution in [0.5, 0.6) is 0 Å². The van der Waals surface area contributed by atoms with Crippen LogP contribution in [0.1, 0.15) is 45.8 Å². The maximum Gasteiger partial charge on any atom is 0.417 e. The molecule has 156 valence electrons. The Morgan fingerprint density at radius 1 is 1.27 bits per heavy atom. The van der Waals surface area contributed by atoms with Crippen molar-refractivity contribution < 1.29 is 18.0 Å². The summed E-state index contributed by atoms with van der Waals surface area (Å²) in [5, 5.41) is 7.80. The molecule has 6 nitrogen and oxygen atoms in total. The van der Waals surface area contributed by atoms with E-state index in [0.717, 1.165) is 17.3 Å². The highest BCUT2D eigenvalue weighted by Gasteiger charge is 2.37. The van der Waals surface area contributed by atoms with Crippen LogP contribution in [0.3, 0.4) is 0 Å². The summed E-state index contributed by atoms with van der Waals surface area (Å²) in [4.78, 5) is 18.8. The number of aryl methyl sites for hydroxylation is 1. The largest absolute Gasteiger partial charge is 0.417 e. The molecule has 0 fully saturated rings. The number of carbonyl (C=O) groups excluding carboxylic acids is 1. The number of benzene rings is 1. The van der Waals surface area contributed by atoms with Crippen molar-refractivity contribution in [1.29, 1.82) is 0 Å². The second kappa shape index (κ2) is 7.39. The Morgan fingerprint density at radius 2 is 2.03 bits per heavy atom. The fraction of sp³-hybridized carbons (Fsp3) is 0.300. The zero-order valence-corrected chi connectivity index (χ0v) is 16.9. The van der Waals surface area contributed by atoms with Crippen molar-refractivity contribution in [2.24, 2.45) is 0 Å². The average Bonchev–Trinajstić information content (AvgIpc) is 3.12. The van der Waals surface area contributed by atoms with Crippen LogP contribution in [-0.4, -0.2) is 37.3 Å². The van der Waals surface area contributed by atoms with Crippen molar-refractivity contribution in [3.05, 3.63) is 69.6 Å². The minimum Gasteiger partial charge on any atom is -0.330 e. The van der Waals surface area contributed by atoms with E-state index in [1.165, 1.54) is 17.0 Å². The quantitative estimate of drug-likeness (QED) is 0.598. The molecule has 4 rings (SSSR count). The molecular formula is C20H17ClF3N5O. The third-order valence-corrected chi connectivity index (χ3v) is 5.57. The first-order valence-corrected chi connectivity index (χ1v) is 9.60. The molecule has 0 saturated carbocycles. The van der Waals surface area contributed by atoms with E-state index >= 15 is 0 Å². The van der Waals surface area contributed by atoms with Gasteiger partial charge in [0.1, 0.15) is 5.69 Å². The summed E-state index contributed by atoms with van der Waals surface area (Å²) >= 11 is 5.95. The molecule has 1 amide bonds. The summed E-state index contributed by atoms with van der Waals surface area (Å²) in [5.74, 6) is 0.0455. The molecule has 0 radical (unpaired) electrons. The van der Waals surface area contributed by atoms with Crippen molar-refractivity contribution in [3.63, 3.8) is 0 Å². The van der Waals surface area contributed by atoms with Crippen LogP contribution in [0.25, 0.3) is 5.82 Å². The zero-order chi connectivity index (χ0) is 21.6. The summed E-state index contributed by atoms with van der Waals surface area (Å²) < 4.78 is 41.1. The molecule has 3 heterocycles. The van der Waals surface area contributed by atoms with E-state index in [4.69, 9.17) is 11.6 Å². The van der Waals surface area contributed by atoms with E-state index in [0.29, 0.717) is 24.5 Å². The van der Waals surface area contributed by atoms with Crippen LogP contribution < -0.4 is 0 Å². The van der Waals surface area contributed by atoms with Gasteiger partial charge in [0.15, 0.2) is 5.82 Å². The lowest BCUT2D eigenvalue weighted by atomic mass is 10.0. The van der Waals surface area contributed by atoms with E-state index in [9.17, 15) is 18.0 Å². The second-order valence-corrected chi connectivity index (χ2v) is 7.49. The Kier molecular flexibility index (Phi) is 5.01. The van der Waals surface area contributed by atoms with E-state index in [1.54, 1.807) is 17.8 Å². The number of rotatable bonds is 2. The fourth-order valence-corrected chi connectivity index (χ4v) is 3.92. The first-order chi connectivity index (χ1) is 14.2. The molecule has 0 aliphatic carbocycles. The number of amides is 1. The highest BCUT2D eigenvalue weighted by atomic mass is 35.5. The average molecular weight is 436 g/mol. The Hall–Kier alpha value is -2.94. The van der Waals surface area contributed by atoms with Gasteiger partial charge in [-0.05, 0) is 43.7 Å². The van der Waals surface area contributed by atoms with Gasteiger partial charge in [-0.3, -0.25) is 4.79 Å². The number of alkyl halides is 3. The molecule has 3 aromatic rings. The first-order valence-electron chi connectivity index (χ1n) is 9.22. The molecule has 30 heavy (non-hydrogen) atoms. The molecule has 0 saturated heterocycles. The number of pyridine rings is 1. The number of hydrogen-bond donors (Lipinski definition) is 0. The lowest BCUT2D eigenvalue weighted by Crippen LogP contribution is -2.39. The number of nitrogens with zero attached hydrogens (tertiary/aromatic N) is 5. The van der Waals surface area contributed by atoms with Gasteiger partial charge in [0.2, 0.25) is 0 Å². The standard InChI is InChI=1S/C20H17ClF3N5O/c1-11-6-8-25-16(10-11)29-15-7-9-28(12(2)18(15)26-27-29)19(30)13-4-3-5-14(17(13)21)20(22,23)24/h3-6,8,10,12H,7,9H2,1-2H3. The van der Waals surface area contributed by atoms with Gasteiger partial charge in [0, 0.05) is 19.2 Å². The summed E-state index contributed by atoms with van der Waals surface area (Å²) in [6, 6.07) is 6.61. The lowest BCUT2D eigenvalue weighted by molar-refractivity contribution is -0.137. The highest BCUT2D eigenvalue weighted by molar-refractivity contribution is 6.34. The molecule has 1 aromatic carbocycles. The Labute approximate surface area is 175 Å². The topological polar surface area (TPSA) is 63.9 Å². The van der Waals surface area contributed by atoms with Crippen molar-refractivity contribution in [2.45, 2.75) is 32.5 Å². The van der Waals surface area contributed by atoms with E-state index in [2.05, 4.69) is 15.3 Å². The van der Waals surface area contributed by atoms with Gasteiger partial charge in [0.05, 0.1) is 27.9 Å². The van der Waals surface area contributed by atoms with Crippen LogP contribution in [0.2, 0.25) is 5.02 Å². The fourth-order valence-electron chi connectivity index (χ4n) is 3.61. The Morgan fingerprint density at radius 3 is 2.73 bits per heavy atom. The molecule has 1 unspecified atom stereocenters. The van der Waals surface area contributed by atoms with Gasteiger partial charge < -0.3 is 4.90 Å². The molecule has 0 bridgehead atoms. The minimum absolute atomic E-state index is 0.186. The maximum absolute atomic E-state index is 13.2. The predicted molar refractivity (Wildman–Crippen MR) is 104 cm³/mol. The number of aromatic nitrogens is 4. The number of hydrogen-bond acceptors (Lipinski definition) is 4. The maximum atomic E-state index is 13.2. The van der Waals surface area contributed by atoms with Crippen molar-refractivity contribution >= 4 is 17.5 Å². The summed E-state index contributed by atoms with van der Waals surface area (Å²) in [7, 11) is 0. The van der Waals surface area contributed by atoms with E-state index in [-0.39, 0.29) is 5.56 Å². The van der Waals surface area contributed by atoms with Gasteiger partial charge in [-0.2, -0.15) is 17.9 Å². The van der Waals surface area contributed by atoms with Gasteiger partial charge in [-0.1, -0.05) is 22.9 Å². The van der Waals surface area contributed by atoms with Crippen LogP contribution in [-0.2, 0) is 12.6 Å². The third kappa shape index (κ3) is 3.43. The van der Waals surface area contributed by atoms with Gasteiger partial charge >= 0.3 is 6.18 Å². The van der Waals surface area contributed by atoms with Crippen LogP contribution in [0.4, 0.5) is 13.2 Å². The molecule has 1 aliphatic heterocycles. The Bertz CT molecular complexity index is 1130. The number of carbonyl (C=O) groups is 1. The highest BCUT2D eigenvalue weighted by Crippen LogP contribution is 2.38. The SMILES string of the molecule is Cc1ccnc(-n2nnc3c2CCN(C(=O)c2cccc(C(F)(F)F)c2Cl)C3C)c1. The van der Waals surface area contributed by atoms with E-state index in [1.807, 2.05) is 19.1 Å². The van der Waals surface area contributed by atoms with Crippen LogP contribution in [0, 0.1) is 6.92 Å². The molecule has 10 heteroatoms. The lowest BCUT2D eigenvalue weighted by Gasteiger charge is -2.33. The van der Waals surface area contributed by atoms with Crippen molar-refractivity contribution in [3.8, 4) is 5.82 Å². The Balaban J connectivity index is 1.67. The predicted octanol–water partition coefficient (Wildman–Crippen LogP) is 4.40. The van der Waals surface area contributed by atoms with Crippen LogP contribution >= 0.6 is 11.6 Å². The van der Waals surface area contributed by atoms with Crippen molar-refractivity contribution in [2.75, 3.05) is 6.54 Å². The van der Waals surface area contributed by atoms with Gasteiger partial charge in [-0.25, -0.2) is 4.98 Å². The number of fused-ring (bicyclic) bond motifs is 1. The van der Waals surface area contributed by atoms with Gasteiger partial charge in [0.25, 0.3) is 5.91 Å². The molecule has 1 atom stereocenters. The molecule has 2 aromatic heterocycles.